The second-order valence-corrected chi connectivity index (χ2v) is 5.12. The summed E-state index contributed by atoms with van der Waals surface area (Å²) in [5.41, 5.74) is 8.63. The minimum Gasteiger partial charge on any atom is -0.478 e. The predicted molar refractivity (Wildman–Crippen MR) is 82.4 cm³/mol. The zero-order valence-corrected chi connectivity index (χ0v) is 12.2. The van der Waals surface area contributed by atoms with Crippen LogP contribution in [0.1, 0.15) is 18.1 Å². The summed E-state index contributed by atoms with van der Waals surface area (Å²) >= 11 is 0. The Labute approximate surface area is 124 Å². The zero-order valence-electron chi connectivity index (χ0n) is 12.2. The van der Waals surface area contributed by atoms with Crippen molar-refractivity contribution in [3.63, 3.8) is 0 Å². The first-order valence-electron chi connectivity index (χ1n) is 7.31. The molecule has 0 radical (unpaired) electrons. The Hall–Kier alpha value is -2.14. The number of hydrogen-bond donors (Lipinski definition) is 1. The number of anilines is 1. The standard InChI is InChI=1S/C16H20N4O/c1-2-21-15-7-8-18-16(19-15)20-11-13-6-4-3-5-12(13)9-14(20)10-17/h3-8,14H,2,9-11,17H2,1H3. The molecule has 1 aromatic carbocycles. The normalized spacial score (nSPS) is 17.4. The summed E-state index contributed by atoms with van der Waals surface area (Å²) < 4.78 is 5.47. The fourth-order valence-electron chi connectivity index (χ4n) is 2.73. The summed E-state index contributed by atoms with van der Waals surface area (Å²) in [5, 5.41) is 0. The molecule has 0 saturated heterocycles. The van der Waals surface area contributed by atoms with Gasteiger partial charge in [-0.15, -0.1) is 0 Å². The van der Waals surface area contributed by atoms with Crippen LogP contribution in [0.15, 0.2) is 36.5 Å². The Morgan fingerprint density at radius 3 is 2.86 bits per heavy atom. The molecule has 0 spiro atoms. The van der Waals surface area contributed by atoms with E-state index in [-0.39, 0.29) is 6.04 Å². The molecule has 0 amide bonds. The number of nitrogens with zero attached hydrogens (tertiary/aromatic N) is 3. The lowest BCUT2D eigenvalue weighted by Gasteiger charge is -2.36. The van der Waals surface area contributed by atoms with E-state index in [1.54, 1.807) is 12.3 Å². The predicted octanol–water partition coefficient (Wildman–Crippen LogP) is 1.77. The summed E-state index contributed by atoms with van der Waals surface area (Å²) in [6.07, 6.45) is 2.66. The van der Waals surface area contributed by atoms with Gasteiger partial charge in [0.1, 0.15) is 0 Å². The van der Waals surface area contributed by atoms with Crippen LogP contribution in [0.25, 0.3) is 0 Å². The Bertz CT molecular complexity index is 617. The molecule has 0 aliphatic carbocycles. The Morgan fingerprint density at radius 2 is 2.10 bits per heavy atom. The monoisotopic (exact) mass is 284 g/mol. The van der Waals surface area contributed by atoms with E-state index in [1.807, 2.05) is 6.92 Å². The third-order valence-electron chi connectivity index (χ3n) is 3.79. The SMILES string of the molecule is CCOc1ccnc(N2Cc3ccccc3CC2CN)n1. The number of aromatic nitrogens is 2. The Kier molecular flexibility index (Phi) is 4.01. The van der Waals surface area contributed by atoms with Crippen molar-refractivity contribution in [2.24, 2.45) is 5.73 Å². The van der Waals surface area contributed by atoms with E-state index in [1.165, 1.54) is 11.1 Å². The smallest absolute Gasteiger partial charge is 0.229 e. The Balaban J connectivity index is 1.92. The van der Waals surface area contributed by atoms with Crippen molar-refractivity contribution in [2.75, 3.05) is 18.1 Å². The van der Waals surface area contributed by atoms with Crippen molar-refractivity contribution in [1.29, 1.82) is 0 Å². The lowest BCUT2D eigenvalue weighted by molar-refractivity contribution is 0.325. The largest absolute Gasteiger partial charge is 0.478 e. The van der Waals surface area contributed by atoms with Gasteiger partial charge in [0, 0.05) is 31.4 Å². The summed E-state index contributed by atoms with van der Waals surface area (Å²) in [6, 6.07) is 10.5. The van der Waals surface area contributed by atoms with E-state index in [9.17, 15) is 0 Å². The van der Waals surface area contributed by atoms with E-state index in [0.29, 0.717) is 25.0 Å². The van der Waals surface area contributed by atoms with Gasteiger partial charge in [-0.2, -0.15) is 4.98 Å². The lowest BCUT2D eigenvalue weighted by atomic mass is 9.94. The molecule has 2 aromatic rings. The van der Waals surface area contributed by atoms with Crippen molar-refractivity contribution in [3.8, 4) is 5.88 Å². The van der Waals surface area contributed by atoms with Crippen LogP contribution in [-0.2, 0) is 13.0 Å². The fraction of sp³-hybridized carbons (Fsp3) is 0.375. The molecule has 1 aliphatic heterocycles. The van der Waals surface area contributed by atoms with Crippen LogP contribution >= 0.6 is 0 Å². The number of fused-ring (bicyclic) bond motifs is 1. The number of ether oxygens (including phenoxy) is 1. The highest BCUT2D eigenvalue weighted by molar-refractivity contribution is 5.42. The van der Waals surface area contributed by atoms with Gasteiger partial charge in [-0.05, 0) is 24.5 Å². The van der Waals surface area contributed by atoms with Gasteiger partial charge in [0.2, 0.25) is 11.8 Å². The zero-order chi connectivity index (χ0) is 14.7. The molecule has 1 atom stereocenters. The van der Waals surface area contributed by atoms with Crippen LogP contribution in [-0.4, -0.2) is 29.2 Å². The Morgan fingerprint density at radius 1 is 1.29 bits per heavy atom. The minimum atomic E-state index is 0.219. The summed E-state index contributed by atoms with van der Waals surface area (Å²) in [7, 11) is 0. The van der Waals surface area contributed by atoms with Gasteiger partial charge in [-0.3, -0.25) is 0 Å². The number of benzene rings is 1. The second-order valence-electron chi connectivity index (χ2n) is 5.12. The van der Waals surface area contributed by atoms with Crippen LogP contribution in [0.5, 0.6) is 5.88 Å². The highest BCUT2D eigenvalue weighted by atomic mass is 16.5. The molecule has 1 unspecified atom stereocenters. The maximum absolute atomic E-state index is 5.96. The van der Waals surface area contributed by atoms with Gasteiger partial charge in [0.15, 0.2) is 0 Å². The van der Waals surface area contributed by atoms with Gasteiger partial charge < -0.3 is 15.4 Å². The van der Waals surface area contributed by atoms with Crippen molar-refractivity contribution in [2.45, 2.75) is 25.9 Å². The molecule has 0 fully saturated rings. The molecule has 2 heterocycles. The van der Waals surface area contributed by atoms with E-state index in [2.05, 4.69) is 39.1 Å². The van der Waals surface area contributed by atoms with E-state index in [4.69, 9.17) is 10.5 Å². The lowest BCUT2D eigenvalue weighted by Crippen LogP contribution is -2.45. The molecular formula is C16H20N4O. The van der Waals surface area contributed by atoms with Crippen LogP contribution in [0.2, 0.25) is 0 Å². The third kappa shape index (κ3) is 2.83. The number of rotatable bonds is 4. The van der Waals surface area contributed by atoms with Gasteiger partial charge in [-0.1, -0.05) is 24.3 Å². The van der Waals surface area contributed by atoms with Gasteiger partial charge >= 0.3 is 0 Å². The second kappa shape index (κ2) is 6.10. The molecule has 3 rings (SSSR count). The summed E-state index contributed by atoms with van der Waals surface area (Å²) in [4.78, 5) is 11.1. The van der Waals surface area contributed by atoms with Gasteiger partial charge in [-0.25, -0.2) is 4.98 Å². The summed E-state index contributed by atoms with van der Waals surface area (Å²) in [5.74, 6) is 1.29. The van der Waals surface area contributed by atoms with E-state index >= 15 is 0 Å². The first-order chi connectivity index (χ1) is 10.3. The van der Waals surface area contributed by atoms with E-state index < -0.39 is 0 Å². The van der Waals surface area contributed by atoms with Gasteiger partial charge in [0.05, 0.1) is 6.61 Å². The van der Waals surface area contributed by atoms with Crippen molar-refractivity contribution >= 4 is 5.95 Å². The molecule has 5 heteroatoms. The molecule has 2 N–H and O–H groups in total. The maximum Gasteiger partial charge on any atom is 0.229 e. The van der Waals surface area contributed by atoms with Crippen LogP contribution in [0, 0.1) is 0 Å². The maximum atomic E-state index is 5.96. The molecule has 1 aliphatic rings. The van der Waals surface area contributed by atoms with Crippen molar-refractivity contribution < 1.29 is 4.74 Å². The first-order valence-corrected chi connectivity index (χ1v) is 7.31. The molecular weight excluding hydrogens is 264 g/mol. The quantitative estimate of drug-likeness (QED) is 0.927. The van der Waals surface area contributed by atoms with E-state index in [0.717, 1.165) is 13.0 Å². The first kappa shape index (κ1) is 13.8. The molecule has 110 valence electrons. The molecule has 21 heavy (non-hydrogen) atoms. The van der Waals surface area contributed by atoms with Crippen molar-refractivity contribution in [1.82, 2.24) is 9.97 Å². The number of nitrogens with two attached hydrogens (primary N) is 1. The molecule has 1 aromatic heterocycles. The van der Waals surface area contributed by atoms with Crippen LogP contribution < -0.4 is 15.4 Å². The molecule has 0 bridgehead atoms. The molecule has 5 nitrogen and oxygen atoms in total. The average molecular weight is 284 g/mol. The average Bonchev–Trinajstić information content (AvgIpc) is 2.54. The topological polar surface area (TPSA) is 64.3 Å². The third-order valence-corrected chi connectivity index (χ3v) is 3.79. The summed E-state index contributed by atoms with van der Waals surface area (Å²) in [6.45, 7) is 3.91. The number of hydrogen-bond acceptors (Lipinski definition) is 5. The van der Waals surface area contributed by atoms with Crippen LogP contribution in [0.3, 0.4) is 0 Å². The highest BCUT2D eigenvalue weighted by Crippen LogP contribution is 2.26. The van der Waals surface area contributed by atoms with Crippen molar-refractivity contribution in [3.05, 3.63) is 47.7 Å². The fourth-order valence-corrected chi connectivity index (χ4v) is 2.73. The minimum absolute atomic E-state index is 0.219. The highest BCUT2D eigenvalue weighted by Gasteiger charge is 2.27. The van der Waals surface area contributed by atoms with Gasteiger partial charge in [0.25, 0.3) is 0 Å². The van der Waals surface area contributed by atoms with Crippen LogP contribution in [0.4, 0.5) is 5.95 Å². The molecule has 0 saturated carbocycles.